The van der Waals surface area contributed by atoms with E-state index in [-0.39, 0.29) is 5.97 Å². The van der Waals surface area contributed by atoms with E-state index in [2.05, 4.69) is 6.92 Å². The molecule has 1 fully saturated rings. The summed E-state index contributed by atoms with van der Waals surface area (Å²) in [6, 6.07) is 0. The molecule has 3 nitrogen and oxygen atoms in total. The maximum absolute atomic E-state index is 11.0. The van der Waals surface area contributed by atoms with Crippen molar-refractivity contribution in [1.82, 2.24) is 0 Å². The van der Waals surface area contributed by atoms with Crippen LogP contribution < -0.4 is 0 Å². The average Bonchev–Trinajstić information content (AvgIpc) is 2.85. The van der Waals surface area contributed by atoms with Crippen LogP contribution in [-0.4, -0.2) is 18.4 Å². The van der Waals surface area contributed by atoms with Gasteiger partial charge in [0.05, 0.1) is 0 Å². The molecule has 1 aliphatic carbocycles. The van der Waals surface area contributed by atoms with Gasteiger partial charge in [0.2, 0.25) is 5.79 Å². The van der Waals surface area contributed by atoms with E-state index in [4.69, 9.17) is 9.47 Å². The Morgan fingerprint density at radius 3 is 2.62 bits per heavy atom. The molecule has 0 amide bonds. The standard InChI is InChI=1S/C13H24O3/c1-4-6-7-8-9-12-10-13(12,15-5-2)16-11(3)14/h12H,4-10H2,1-3H3/t12-,13-/m0/s1. The molecule has 16 heavy (non-hydrogen) atoms. The van der Waals surface area contributed by atoms with E-state index >= 15 is 0 Å². The summed E-state index contributed by atoms with van der Waals surface area (Å²) in [5.74, 6) is -0.370. The van der Waals surface area contributed by atoms with Gasteiger partial charge < -0.3 is 9.47 Å². The lowest BCUT2D eigenvalue weighted by Gasteiger charge is -2.17. The van der Waals surface area contributed by atoms with Gasteiger partial charge in [0, 0.05) is 25.9 Å². The van der Waals surface area contributed by atoms with Gasteiger partial charge in [-0.1, -0.05) is 32.6 Å². The Morgan fingerprint density at radius 1 is 1.31 bits per heavy atom. The van der Waals surface area contributed by atoms with Crippen LogP contribution in [0.25, 0.3) is 0 Å². The van der Waals surface area contributed by atoms with E-state index in [0.29, 0.717) is 12.5 Å². The number of rotatable bonds is 8. The van der Waals surface area contributed by atoms with Crippen molar-refractivity contribution in [2.24, 2.45) is 5.92 Å². The maximum atomic E-state index is 11.0. The van der Waals surface area contributed by atoms with Crippen molar-refractivity contribution in [3.8, 4) is 0 Å². The van der Waals surface area contributed by atoms with Gasteiger partial charge in [-0.05, 0) is 13.3 Å². The molecular weight excluding hydrogens is 204 g/mol. The van der Waals surface area contributed by atoms with Crippen LogP contribution in [0, 0.1) is 5.92 Å². The Balaban J connectivity index is 2.26. The first-order valence-corrected chi connectivity index (χ1v) is 6.48. The van der Waals surface area contributed by atoms with Crippen LogP contribution in [0.1, 0.15) is 59.3 Å². The van der Waals surface area contributed by atoms with Gasteiger partial charge in [-0.25, -0.2) is 0 Å². The molecule has 0 heterocycles. The Hall–Kier alpha value is -0.570. The van der Waals surface area contributed by atoms with Gasteiger partial charge >= 0.3 is 5.97 Å². The Labute approximate surface area is 98.5 Å². The average molecular weight is 228 g/mol. The third kappa shape index (κ3) is 3.78. The summed E-state index contributed by atoms with van der Waals surface area (Å²) >= 11 is 0. The summed E-state index contributed by atoms with van der Waals surface area (Å²) in [6.07, 6.45) is 7.04. The number of ether oxygens (including phenoxy) is 2. The zero-order chi connectivity index (χ0) is 12.0. The van der Waals surface area contributed by atoms with Crippen LogP contribution in [0.5, 0.6) is 0 Å². The van der Waals surface area contributed by atoms with Crippen LogP contribution >= 0.6 is 0 Å². The molecule has 2 atom stereocenters. The fourth-order valence-electron chi connectivity index (χ4n) is 2.24. The van der Waals surface area contributed by atoms with Crippen molar-refractivity contribution in [3.05, 3.63) is 0 Å². The van der Waals surface area contributed by atoms with Crippen molar-refractivity contribution in [3.63, 3.8) is 0 Å². The number of hydrogen-bond acceptors (Lipinski definition) is 3. The third-order valence-corrected chi connectivity index (χ3v) is 3.10. The Bertz CT molecular complexity index is 227. The van der Waals surface area contributed by atoms with Gasteiger partial charge in [-0.2, -0.15) is 0 Å². The number of unbranched alkanes of at least 4 members (excludes halogenated alkanes) is 3. The van der Waals surface area contributed by atoms with Crippen molar-refractivity contribution in [2.75, 3.05) is 6.61 Å². The molecule has 0 radical (unpaired) electrons. The second-order valence-corrected chi connectivity index (χ2v) is 4.59. The minimum absolute atomic E-state index is 0.232. The van der Waals surface area contributed by atoms with E-state index in [0.717, 1.165) is 12.8 Å². The summed E-state index contributed by atoms with van der Waals surface area (Å²) < 4.78 is 10.9. The monoisotopic (exact) mass is 228 g/mol. The van der Waals surface area contributed by atoms with Crippen molar-refractivity contribution in [2.45, 2.75) is 65.1 Å². The molecule has 0 spiro atoms. The SMILES string of the molecule is CCCCCC[C@H]1C[C@]1(OCC)OC(C)=O. The molecule has 0 aromatic carbocycles. The molecule has 3 heteroatoms. The quantitative estimate of drug-likeness (QED) is 0.363. The molecule has 0 saturated heterocycles. The largest absolute Gasteiger partial charge is 0.433 e. The molecule has 94 valence electrons. The molecule has 0 bridgehead atoms. The summed E-state index contributed by atoms with van der Waals surface area (Å²) in [6.45, 7) is 6.21. The predicted octanol–water partition coefficient (Wildman–Crippen LogP) is 3.27. The highest BCUT2D eigenvalue weighted by atomic mass is 16.7. The van der Waals surface area contributed by atoms with Crippen LogP contribution in [0.4, 0.5) is 0 Å². The van der Waals surface area contributed by atoms with Crippen LogP contribution in [0.3, 0.4) is 0 Å². The van der Waals surface area contributed by atoms with Gasteiger partial charge in [0.25, 0.3) is 0 Å². The number of carbonyl (C=O) groups is 1. The fraction of sp³-hybridized carbons (Fsp3) is 0.923. The van der Waals surface area contributed by atoms with E-state index in [1.165, 1.54) is 32.6 Å². The third-order valence-electron chi connectivity index (χ3n) is 3.10. The topological polar surface area (TPSA) is 35.5 Å². The fourth-order valence-corrected chi connectivity index (χ4v) is 2.24. The van der Waals surface area contributed by atoms with Crippen LogP contribution in [0.15, 0.2) is 0 Å². The van der Waals surface area contributed by atoms with E-state index in [1.54, 1.807) is 0 Å². The van der Waals surface area contributed by atoms with E-state index in [1.807, 2.05) is 6.92 Å². The smallest absolute Gasteiger partial charge is 0.305 e. The Kier molecular flexibility index (Phi) is 5.26. The highest BCUT2D eigenvalue weighted by Crippen LogP contribution is 2.50. The molecule has 1 rings (SSSR count). The van der Waals surface area contributed by atoms with Crippen molar-refractivity contribution < 1.29 is 14.3 Å². The second-order valence-electron chi connectivity index (χ2n) is 4.59. The Morgan fingerprint density at radius 2 is 2.06 bits per heavy atom. The first-order chi connectivity index (χ1) is 7.64. The zero-order valence-electron chi connectivity index (χ0n) is 10.8. The zero-order valence-corrected chi connectivity index (χ0v) is 10.8. The lowest BCUT2D eigenvalue weighted by molar-refractivity contribution is -0.191. The second kappa shape index (κ2) is 6.24. The maximum Gasteiger partial charge on any atom is 0.305 e. The normalized spacial score (nSPS) is 27.8. The number of hydrogen-bond donors (Lipinski definition) is 0. The minimum atomic E-state index is -0.563. The highest BCUT2D eigenvalue weighted by Gasteiger charge is 2.58. The van der Waals surface area contributed by atoms with Gasteiger partial charge in [0.15, 0.2) is 0 Å². The lowest BCUT2D eigenvalue weighted by Crippen LogP contribution is -2.24. The molecule has 0 aromatic rings. The predicted molar refractivity (Wildman–Crippen MR) is 63.0 cm³/mol. The van der Waals surface area contributed by atoms with Crippen LogP contribution in [-0.2, 0) is 14.3 Å². The summed E-state index contributed by atoms with van der Waals surface area (Å²) in [4.78, 5) is 11.0. The highest BCUT2D eigenvalue weighted by molar-refractivity contribution is 5.66. The minimum Gasteiger partial charge on any atom is -0.433 e. The van der Waals surface area contributed by atoms with E-state index in [9.17, 15) is 4.79 Å². The summed E-state index contributed by atoms with van der Waals surface area (Å²) in [5.41, 5.74) is 0. The summed E-state index contributed by atoms with van der Waals surface area (Å²) in [7, 11) is 0. The number of carbonyl (C=O) groups excluding carboxylic acids is 1. The molecule has 0 N–H and O–H groups in total. The molecule has 0 aliphatic heterocycles. The number of esters is 1. The van der Waals surface area contributed by atoms with Crippen molar-refractivity contribution >= 4 is 5.97 Å². The van der Waals surface area contributed by atoms with Gasteiger partial charge in [-0.15, -0.1) is 0 Å². The van der Waals surface area contributed by atoms with Gasteiger partial charge in [0.1, 0.15) is 0 Å². The summed E-state index contributed by atoms with van der Waals surface area (Å²) in [5, 5.41) is 0. The molecule has 0 unspecified atom stereocenters. The molecular formula is C13H24O3. The molecule has 1 saturated carbocycles. The first kappa shape index (κ1) is 13.5. The lowest BCUT2D eigenvalue weighted by atomic mass is 10.1. The van der Waals surface area contributed by atoms with Crippen molar-refractivity contribution in [1.29, 1.82) is 0 Å². The van der Waals surface area contributed by atoms with Gasteiger partial charge in [-0.3, -0.25) is 4.79 Å². The molecule has 1 aliphatic rings. The first-order valence-electron chi connectivity index (χ1n) is 6.48. The van der Waals surface area contributed by atoms with E-state index < -0.39 is 5.79 Å². The van der Waals surface area contributed by atoms with Crippen LogP contribution in [0.2, 0.25) is 0 Å². The molecule has 0 aromatic heterocycles.